The molecule has 2 fully saturated rings. The van der Waals surface area contributed by atoms with E-state index in [1.807, 2.05) is 0 Å². The van der Waals surface area contributed by atoms with E-state index in [2.05, 4.69) is 14.7 Å². The van der Waals surface area contributed by atoms with Crippen molar-refractivity contribution in [1.29, 1.82) is 0 Å². The average Bonchev–Trinajstić information content (AvgIpc) is 2.99. The molecule has 1 saturated carbocycles. The van der Waals surface area contributed by atoms with Crippen LogP contribution in [0.15, 0.2) is 0 Å². The zero-order valence-corrected chi connectivity index (χ0v) is 11.4. The Bertz CT molecular complexity index is 398. The van der Waals surface area contributed by atoms with E-state index in [1.165, 1.54) is 37.2 Å². The minimum absolute atomic E-state index is 0.461. The Balaban J connectivity index is 1.63. The van der Waals surface area contributed by atoms with Gasteiger partial charge < -0.3 is 14.8 Å². The summed E-state index contributed by atoms with van der Waals surface area (Å²) in [4.78, 5) is 4.44. The topological polar surface area (TPSA) is 56.3 Å². The molecular weight excluding hydrogens is 250 g/mol. The monoisotopic (exact) mass is 269 g/mol. The number of hydrogen-bond acceptors (Lipinski definition) is 6. The Morgan fingerprint density at radius 2 is 2.39 bits per heavy atom. The Labute approximate surface area is 111 Å². The molecule has 100 valence electrons. The normalized spacial score (nSPS) is 31.3. The van der Waals surface area contributed by atoms with Gasteiger partial charge in [0.25, 0.3) is 0 Å². The molecule has 3 atom stereocenters. The summed E-state index contributed by atoms with van der Waals surface area (Å²) in [6.45, 7) is 1.40. The maximum absolute atomic E-state index is 5.78. The third kappa shape index (κ3) is 2.50. The lowest BCUT2D eigenvalue weighted by Gasteiger charge is -2.32. The van der Waals surface area contributed by atoms with E-state index in [0.717, 1.165) is 17.6 Å². The van der Waals surface area contributed by atoms with E-state index in [4.69, 9.17) is 9.47 Å². The van der Waals surface area contributed by atoms with Crippen LogP contribution < -0.4 is 5.32 Å². The summed E-state index contributed by atoms with van der Waals surface area (Å²) in [6.07, 6.45) is 5.30. The molecular formula is C12H19N3O2S. The molecule has 18 heavy (non-hydrogen) atoms. The largest absolute Gasteiger partial charge is 0.378 e. The zero-order chi connectivity index (χ0) is 12.4. The third-order valence-electron chi connectivity index (χ3n) is 3.83. The minimum Gasteiger partial charge on any atom is -0.378 e. The van der Waals surface area contributed by atoms with Gasteiger partial charge in [0.2, 0.25) is 5.13 Å². The van der Waals surface area contributed by atoms with Crippen molar-refractivity contribution in [3.05, 3.63) is 5.82 Å². The third-order valence-corrected chi connectivity index (χ3v) is 4.52. The van der Waals surface area contributed by atoms with Gasteiger partial charge in [0, 0.05) is 37.2 Å². The highest BCUT2D eigenvalue weighted by Gasteiger charge is 2.37. The van der Waals surface area contributed by atoms with Crippen molar-refractivity contribution >= 4 is 16.7 Å². The van der Waals surface area contributed by atoms with Crippen molar-refractivity contribution in [2.75, 3.05) is 19.0 Å². The predicted molar refractivity (Wildman–Crippen MR) is 69.7 cm³/mol. The van der Waals surface area contributed by atoms with Crippen molar-refractivity contribution in [3.63, 3.8) is 0 Å². The van der Waals surface area contributed by atoms with Crippen LogP contribution >= 0.6 is 11.5 Å². The molecule has 1 N–H and O–H groups in total. The molecule has 2 aliphatic rings. The van der Waals surface area contributed by atoms with E-state index in [0.29, 0.717) is 24.7 Å². The fraction of sp³-hybridized carbons (Fsp3) is 0.833. The zero-order valence-electron chi connectivity index (χ0n) is 10.6. The molecule has 3 rings (SSSR count). The standard InChI is InChI=1S/C12H19N3O2S/c1-16-7-11-14-12(18-15-11)13-9-3-2-4-10-8(9)5-6-17-10/h8-10H,2-7H2,1H3,(H,13,14,15). The summed E-state index contributed by atoms with van der Waals surface area (Å²) >= 11 is 1.42. The van der Waals surface area contributed by atoms with Gasteiger partial charge >= 0.3 is 0 Å². The van der Waals surface area contributed by atoms with E-state index < -0.39 is 0 Å². The van der Waals surface area contributed by atoms with Crippen LogP contribution in [-0.2, 0) is 16.1 Å². The van der Waals surface area contributed by atoms with Gasteiger partial charge in [-0.15, -0.1) is 0 Å². The number of ether oxygens (including phenoxy) is 2. The first-order chi connectivity index (χ1) is 8.86. The molecule has 1 aromatic heterocycles. The average molecular weight is 269 g/mol. The second-order valence-electron chi connectivity index (χ2n) is 4.99. The summed E-state index contributed by atoms with van der Waals surface area (Å²) in [7, 11) is 1.66. The van der Waals surface area contributed by atoms with E-state index >= 15 is 0 Å². The van der Waals surface area contributed by atoms with Crippen molar-refractivity contribution in [2.24, 2.45) is 5.92 Å². The van der Waals surface area contributed by atoms with Crippen molar-refractivity contribution in [1.82, 2.24) is 9.36 Å². The summed E-state index contributed by atoms with van der Waals surface area (Å²) < 4.78 is 15.1. The van der Waals surface area contributed by atoms with Gasteiger partial charge in [-0.05, 0) is 25.7 Å². The van der Waals surface area contributed by atoms with E-state index in [9.17, 15) is 0 Å². The van der Waals surface area contributed by atoms with Crippen LogP contribution in [-0.4, -0.2) is 35.2 Å². The van der Waals surface area contributed by atoms with Gasteiger partial charge in [0.05, 0.1) is 6.10 Å². The van der Waals surface area contributed by atoms with Crippen molar-refractivity contribution in [2.45, 2.75) is 44.4 Å². The van der Waals surface area contributed by atoms with E-state index in [-0.39, 0.29) is 0 Å². The first-order valence-corrected chi connectivity index (χ1v) is 7.34. The summed E-state index contributed by atoms with van der Waals surface area (Å²) in [5.74, 6) is 1.41. The molecule has 0 bridgehead atoms. The van der Waals surface area contributed by atoms with Crippen LogP contribution in [0.25, 0.3) is 0 Å². The molecule has 1 aliphatic carbocycles. The van der Waals surface area contributed by atoms with Crippen LogP contribution in [0.5, 0.6) is 0 Å². The number of methoxy groups -OCH3 is 1. The summed E-state index contributed by atoms with van der Waals surface area (Å²) in [6, 6.07) is 0.495. The lowest BCUT2D eigenvalue weighted by atomic mass is 9.82. The lowest BCUT2D eigenvalue weighted by molar-refractivity contribution is 0.0620. The Hall–Kier alpha value is -0.720. The smallest absolute Gasteiger partial charge is 0.202 e. The fourth-order valence-corrected chi connectivity index (χ4v) is 3.65. The van der Waals surface area contributed by atoms with Gasteiger partial charge in [-0.2, -0.15) is 4.37 Å². The number of nitrogens with zero attached hydrogens (tertiary/aromatic N) is 2. The molecule has 6 heteroatoms. The maximum atomic E-state index is 5.78. The molecule has 0 aromatic carbocycles. The second kappa shape index (κ2) is 5.50. The highest BCUT2D eigenvalue weighted by atomic mass is 32.1. The molecule has 1 aliphatic heterocycles. The van der Waals surface area contributed by atoms with E-state index in [1.54, 1.807) is 7.11 Å². The minimum atomic E-state index is 0.461. The molecule has 1 aromatic rings. The maximum Gasteiger partial charge on any atom is 0.202 e. The Morgan fingerprint density at radius 3 is 3.28 bits per heavy atom. The number of hydrogen-bond donors (Lipinski definition) is 1. The molecule has 0 amide bonds. The van der Waals surface area contributed by atoms with Gasteiger partial charge in [-0.1, -0.05) is 0 Å². The van der Waals surface area contributed by atoms with Crippen LogP contribution in [0.4, 0.5) is 5.13 Å². The van der Waals surface area contributed by atoms with Crippen molar-refractivity contribution < 1.29 is 9.47 Å². The lowest BCUT2D eigenvalue weighted by Crippen LogP contribution is -2.38. The second-order valence-corrected chi connectivity index (χ2v) is 5.74. The first kappa shape index (κ1) is 12.3. The SMILES string of the molecule is COCc1nsc(NC2CCCC3OCCC23)n1. The molecule has 3 unspecified atom stereocenters. The van der Waals surface area contributed by atoms with Crippen LogP contribution in [0.3, 0.4) is 0 Å². The summed E-state index contributed by atoms with van der Waals surface area (Å²) in [5, 5.41) is 4.46. The summed E-state index contributed by atoms with van der Waals surface area (Å²) in [5.41, 5.74) is 0. The number of anilines is 1. The number of aromatic nitrogens is 2. The first-order valence-electron chi connectivity index (χ1n) is 6.56. The molecule has 5 nitrogen and oxygen atoms in total. The molecule has 0 spiro atoms. The van der Waals surface area contributed by atoms with Gasteiger partial charge in [-0.25, -0.2) is 4.98 Å². The molecule has 2 heterocycles. The van der Waals surface area contributed by atoms with Crippen LogP contribution in [0, 0.1) is 5.92 Å². The highest BCUT2D eigenvalue weighted by molar-refractivity contribution is 7.09. The number of fused-ring (bicyclic) bond motifs is 1. The van der Waals surface area contributed by atoms with Gasteiger partial charge in [-0.3, -0.25) is 0 Å². The Morgan fingerprint density at radius 1 is 1.44 bits per heavy atom. The quantitative estimate of drug-likeness (QED) is 0.906. The van der Waals surface area contributed by atoms with Gasteiger partial charge in [0.15, 0.2) is 5.82 Å². The Kier molecular flexibility index (Phi) is 3.77. The molecule has 0 radical (unpaired) electrons. The molecule has 1 saturated heterocycles. The highest BCUT2D eigenvalue weighted by Crippen LogP contribution is 2.36. The number of rotatable bonds is 4. The predicted octanol–water partition coefficient (Wildman–Crippen LogP) is 2.05. The fourth-order valence-electron chi connectivity index (χ4n) is 3.01. The van der Waals surface area contributed by atoms with Gasteiger partial charge in [0.1, 0.15) is 6.61 Å². The number of nitrogens with one attached hydrogen (secondary N) is 1. The van der Waals surface area contributed by atoms with Crippen LogP contribution in [0.2, 0.25) is 0 Å². The van der Waals surface area contributed by atoms with Crippen molar-refractivity contribution in [3.8, 4) is 0 Å². The van der Waals surface area contributed by atoms with Crippen LogP contribution in [0.1, 0.15) is 31.5 Å².